The summed E-state index contributed by atoms with van der Waals surface area (Å²) in [6.45, 7) is -2.26. The second-order valence-corrected chi connectivity index (χ2v) is 5.94. The minimum Gasteiger partial charge on any atom is -0.478 e. The number of sulfonamides is 1. The third-order valence-corrected chi connectivity index (χ3v) is 4.50. The monoisotopic (exact) mass is 324 g/mol. The van der Waals surface area contributed by atoms with Crippen molar-refractivity contribution in [2.75, 3.05) is 25.4 Å². The lowest BCUT2D eigenvalue weighted by atomic mass is 10.2. The molecule has 0 aromatic heterocycles. The molecule has 0 unspecified atom stereocenters. The third kappa shape index (κ3) is 4.09. The Morgan fingerprint density at radius 1 is 1.38 bits per heavy atom. The molecule has 4 N–H and O–H groups in total. The first-order valence-electron chi connectivity index (χ1n) is 5.72. The maximum Gasteiger partial charge on any atom is 0.335 e. The average molecular weight is 324 g/mol. The SMILES string of the molecule is Nc1cc(C(=O)O)ccc1S(=O)(=O)N(CCO)CC(F)F. The molecule has 1 aromatic carbocycles. The number of carboxylic acids is 1. The van der Waals surface area contributed by atoms with E-state index in [1.807, 2.05) is 0 Å². The van der Waals surface area contributed by atoms with E-state index in [4.69, 9.17) is 15.9 Å². The highest BCUT2D eigenvalue weighted by Crippen LogP contribution is 2.24. The zero-order valence-electron chi connectivity index (χ0n) is 10.7. The van der Waals surface area contributed by atoms with E-state index in [1.54, 1.807) is 0 Å². The van der Waals surface area contributed by atoms with Gasteiger partial charge < -0.3 is 15.9 Å². The van der Waals surface area contributed by atoms with E-state index >= 15 is 0 Å². The highest BCUT2D eigenvalue weighted by atomic mass is 32.2. The van der Waals surface area contributed by atoms with Gasteiger partial charge in [0.1, 0.15) is 4.90 Å². The van der Waals surface area contributed by atoms with Gasteiger partial charge in [0.05, 0.1) is 24.4 Å². The quantitative estimate of drug-likeness (QED) is 0.617. The molecule has 0 amide bonds. The molecule has 0 aliphatic rings. The number of benzene rings is 1. The molecule has 0 aliphatic heterocycles. The predicted molar refractivity (Wildman–Crippen MR) is 69.7 cm³/mol. The second kappa shape index (κ2) is 6.78. The summed E-state index contributed by atoms with van der Waals surface area (Å²) in [6.07, 6.45) is -2.93. The van der Waals surface area contributed by atoms with Crippen LogP contribution in [0.5, 0.6) is 0 Å². The summed E-state index contributed by atoms with van der Waals surface area (Å²) >= 11 is 0. The zero-order valence-corrected chi connectivity index (χ0v) is 11.6. The first-order chi connectivity index (χ1) is 9.70. The van der Waals surface area contributed by atoms with Crippen LogP contribution < -0.4 is 5.73 Å². The Morgan fingerprint density at radius 3 is 2.43 bits per heavy atom. The van der Waals surface area contributed by atoms with Crippen molar-refractivity contribution in [3.05, 3.63) is 23.8 Å². The normalized spacial score (nSPS) is 12.0. The average Bonchev–Trinajstić information content (AvgIpc) is 2.37. The Morgan fingerprint density at radius 2 is 2.00 bits per heavy atom. The van der Waals surface area contributed by atoms with Crippen molar-refractivity contribution in [3.63, 3.8) is 0 Å². The van der Waals surface area contributed by atoms with Crippen LogP contribution in [0.3, 0.4) is 0 Å². The second-order valence-electron chi connectivity index (χ2n) is 4.04. The molecule has 1 rings (SSSR count). The van der Waals surface area contributed by atoms with Crippen molar-refractivity contribution in [1.29, 1.82) is 0 Å². The van der Waals surface area contributed by atoms with E-state index in [2.05, 4.69) is 0 Å². The van der Waals surface area contributed by atoms with Gasteiger partial charge in [-0.25, -0.2) is 22.0 Å². The number of nitrogens with zero attached hydrogens (tertiary/aromatic N) is 1. The number of nitrogens with two attached hydrogens (primary N) is 1. The number of halogens is 2. The van der Waals surface area contributed by atoms with Crippen molar-refractivity contribution >= 4 is 21.7 Å². The summed E-state index contributed by atoms with van der Waals surface area (Å²) in [7, 11) is -4.36. The Bertz CT molecular complexity index is 621. The number of aliphatic hydroxyl groups excluding tert-OH is 1. The summed E-state index contributed by atoms with van der Waals surface area (Å²) in [6, 6.07) is 2.86. The van der Waals surface area contributed by atoms with Gasteiger partial charge in [0, 0.05) is 6.54 Å². The number of aliphatic hydroxyl groups is 1. The molecule has 0 spiro atoms. The van der Waals surface area contributed by atoms with Gasteiger partial charge in [-0.1, -0.05) is 0 Å². The van der Waals surface area contributed by atoms with E-state index in [0.29, 0.717) is 4.31 Å². The maximum atomic E-state index is 12.4. The Hall–Kier alpha value is -1.78. The summed E-state index contributed by atoms with van der Waals surface area (Å²) in [5.41, 5.74) is 4.89. The topological polar surface area (TPSA) is 121 Å². The Balaban J connectivity index is 3.24. The number of carbonyl (C=O) groups is 1. The van der Waals surface area contributed by atoms with Crippen LogP contribution in [0, 0.1) is 0 Å². The summed E-state index contributed by atoms with van der Waals surface area (Å²) in [4.78, 5) is 10.3. The highest BCUT2D eigenvalue weighted by Gasteiger charge is 2.29. The van der Waals surface area contributed by atoms with Crippen molar-refractivity contribution in [3.8, 4) is 0 Å². The number of hydrogen-bond acceptors (Lipinski definition) is 5. The standard InChI is InChI=1S/C11H14F2N2O5S/c12-10(13)6-15(3-4-16)21(19,20)9-2-1-7(11(17)18)5-8(9)14/h1-2,5,10,16H,3-4,6,14H2,(H,17,18). The molecule has 0 bridgehead atoms. The van der Waals surface area contributed by atoms with Crippen molar-refractivity contribution in [2.45, 2.75) is 11.3 Å². The van der Waals surface area contributed by atoms with Gasteiger partial charge in [-0.2, -0.15) is 4.31 Å². The van der Waals surface area contributed by atoms with Gasteiger partial charge in [0.2, 0.25) is 10.0 Å². The van der Waals surface area contributed by atoms with Gasteiger partial charge in [0.25, 0.3) is 6.43 Å². The highest BCUT2D eigenvalue weighted by molar-refractivity contribution is 7.89. The number of aromatic carboxylic acids is 1. The molecule has 10 heteroatoms. The predicted octanol–water partition coefficient (Wildman–Crippen LogP) is 0.215. The van der Waals surface area contributed by atoms with Crippen LogP contribution in [0.4, 0.5) is 14.5 Å². The Labute approximate surface area is 119 Å². The van der Waals surface area contributed by atoms with Gasteiger partial charge in [0.15, 0.2) is 0 Å². The van der Waals surface area contributed by atoms with Gasteiger partial charge in [-0.3, -0.25) is 0 Å². The molecule has 0 fully saturated rings. The van der Waals surface area contributed by atoms with Crippen molar-refractivity contribution in [1.82, 2.24) is 4.31 Å². The van der Waals surface area contributed by atoms with E-state index < -0.39 is 47.0 Å². The fraction of sp³-hybridized carbons (Fsp3) is 0.364. The lowest BCUT2D eigenvalue weighted by Crippen LogP contribution is -2.37. The fourth-order valence-electron chi connectivity index (χ4n) is 1.63. The minimum atomic E-state index is -4.36. The van der Waals surface area contributed by atoms with Crippen LogP contribution in [-0.2, 0) is 10.0 Å². The van der Waals surface area contributed by atoms with Gasteiger partial charge in [-0.15, -0.1) is 0 Å². The first kappa shape index (κ1) is 17.3. The van der Waals surface area contributed by atoms with Gasteiger partial charge >= 0.3 is 5.97 Å². The molecule has 0 saturated heterocycles. The van der Waals surface area contributed by atoms with E-state index in [0.717, 1.165) is 18.2 Å². The van der Waals surface area contributed by atoms with E-state index in [-0.39, 0.29) is 11.3 Å². The summed E-state index contributed by atoms with van der Waals surface area (Å²) in [5, 5.41) is 17.6. The molecule has 0 saturated carbocycles. The zero-order chi connectivity index (χ0) is 16.2. The van der Waals surface area contributed by atoms with Crippen LogP contribution in [0.1, 0.15) is 10.4 Å². The number of alkyl halides is 2. The molecule has 7 nitrogen and oxygen atoms in total. The lowest BCUT2D eigenvalue weighted by molar-refractivity contribution is 0.0696. The largest absolute Gasteiger partial charge is 0.478 e. The Kier molecular flexibility index (Phi) is 5.58. The van der Waals surface area contributed by atoms with Crippen LogP contribution >= 0.6 is 0 Å². The number of hydrogen-bond donors (Lipinski definition) is 3. The summed E-state index contributed by atoms with van der Waals surface area (Å²) in [5.74, 6) is -1.30. The lowest BCUT2D eigenvalue weighted by Gasteiger charge is -2.21. The maximum absolute atomic E-state index is 12.4. The van der Waals surface area contributed by atoms with Crippen molar-refractivity contribution in [2.24, 2.45) is 0 Å². The van der Waals surface area contributed by atoms with Crippen LogP contribution in [-0.4, -0.2) is 55.0 Å². The van der Waals surface area contributed by atoms with E-state index in [9.17, 15) is 22.0 Å². The summed E-state index contributed by atoms with van der Waals surface area (Å²) < 4.78 is 49.7. The number of nitrogen functional groups attached to an aromatic ring is 1. The minimum absolute atomic E-state index is 0.228. The fourth-order valence-corrected chi connectivity index (χ4v) is 3.14. The number of rotatable bonds is 7. The molecule has 21 heavy (non-hydrogen) atoms. The van der Waals surface area contributed by atoms with Crippen LogP contribution in [0.25, 0.3) is 0 Å². The third-order valence-electron chi connectivity index (χ3n) is 2.57. The molecule has 118 valence electrons. The van der Waals surface area contributed by atoms with Crippen molar-refractivity contribution < 1.29 is 32.2 Å². The van der Waals surface area contributed by atoms with Crippen LogP contribution in [0.15, 0.2) is 23.1 Å². The molecule has 0 heterocycles. The molecule has 0 radical (unpaired) electrons. The molecule has 1 aromatic rings. The number of anilines is 1. The molecule has 0 atom stereocenters. The van der Waals surface area contributed by atoms with E-state index in [1.165, 1.54) is 0 Å². The van der Waals surface area contributed by atoms with Gasteiger partial charge in [-0.05, 0) is 18.2 Å². The molecule has 0 aliphatic carbocycles. The molecular weight excluding hydrogens is 310 g/mol. The number of carboxylic acid groups (broad SMARTS) is 1. The smallest absolute Gasteiger partial charge is 0.335 e. The first-order valence-corrected chi connectivity index (χ1v) is 7.16. The van der Waals surface area contributed by atoms with Crippen LogP contribution in [0.2, 0.25) is 0 Å². The molecular formula is C11H14F2N2O5S.